The van der Waals surface area contributed by atoms with E-state index in [9.17, 15) is 9.59 Å². The fraction of sp³-hybridized carbons (Fsp3) is 0.667. The number of rotatable bonds is 4. The second-order valence-electron chi connectivity index (χ2n) is 2.12. The second kappa shape index (κ2) is 4.68. The van der Waals surface area contributed by atoms with E-state index in [4.69, 9.17) is 15.3 Å². The molecule has 0 aromatic carbocycles. The third kappa shape index (κ3) is 2.85. The van der Waals surface area contributed by atoms with Crippen LogP contribution in [-0.4, -0.2) is 45.9 Å². The third-order valence-corrected chi connectivity index (χ3v) is 1.17. The summed E-state index contributed by atoms with van der Waals surface area (Å²) in [6.07, 6.45) is -3.99. The highest BCUT2D eigenvalue weighted by molar-refractivity contribution is 5.87. The molecule has 0 aromatic rings. The van der Waals surface area contributed by atoms with Crippen LogP contribution in [0.4, 0.5) is 0 Å². The van der Waals surface area contributed by atoms with Crippen molar-refractivity contribution in [3.05, 3.63) is 0 Å². The van der Waals surface area contributed by atoms with Gasteiger partial charge in [-0.05, 0) is 6.92 Å². The Morgan fingerprint density at radius 2 is 1.83 bits per heavy atom. The molecule has 12 heavy (non-hydrogen) atoms. The van der Waals surface area contributed by atoms with Crippen LogP contribution in [0.5, 0.6) is 0 Å². The molecule has 6 nitrogen and oxygen atoms in total. The summed E-state index contributed by atoms with van der Waals surface area (Å²) in [5.74, 6) is -2.53. The van der Waals surface area contributed by atoms with E-state index in [-0.39, 0.29) is 6.54 Å². The summed E-state index contributed by atoms with van der Waals surface area (Å²) < 4.78 is 0. The van der Waals surface area contributed by atoms with Crippen LogP contribution in [-0.2, 0) is 9.59 Å². The molecule has 0 aliphatic heterocycles. The first-order chi connectivity index (χ1) is 5.50. The van der Waals surface area contributed by atoms with Gasteiger partial charge in [0.25, 0.3) is 5.91 Å². The van der Waals surface area contributed by atoms with Crippen molar-refractivity contribution in [1.29, 1.82) is 0 Å². The Labute approximate surface area is 68.8 Å². The molecule has 0 saturated heterocycles. The molecule has 0 aliphatic carbocycles. The maximum atomic E-state index is 10.7. The summed E-state index contributed by atoms with van der Waals surface area (Å²) >= 11 is 0. The zero-order valence-corrected chi connectivity index (χ0v) is 6.52. The number of aliphatic hydroxyl groups is 2. The number of amides is 1. The zero-order chi connectivity index (χ0) is 9.72. The molecule has 6 heteroatoms. The highest BCUT2D eigenvalue weighted by atomic mass is 16.4. The maximum Gasteiger partial charge on any atom is 0.335 e. The van der Waals surface area contributed by atoms with Crippen molar-refractivity contribution in [2.75, 3.05) is 6.54 Å². The Morgan fingerprint density at radius 1 is 1.33 bits per heavy atom. The highest BCUT2D eigenvalue weighted by Gasteiger charge is 2.29. The van der Waals surface area contributed by atoms with Crippen LogP contribution in [0.3, 0.4) is 0 Å². The Hall–Kier alpha value is -1.14. The molecule has 2 atom stereocenters. The number of carboxylic acid groups (broad SMARTS) is 1. The zero-order valence-electron chi connectivity index (χ0n) is 6.52. The van der Waals surface area contributed by atoms with E-state index in [1.54, 1.807) is 6.92 Å². The van der Waals surface area contributed by atoms with E-state index in [2.05, 4.69) is 5.32 Å². The first-order valence-electron chi connectivity index (χ1n) is 3.37. The molecule has 0 fully saturated rings. The lowest BCUT2D eigenvalue weighted by atomic mass is 10.2. The van der Waals surface area contributed by atoms with Gasteiger partial charge in [0.15, 0.2) is 12.2 Å². The maximum absolute atomic E-state index is 10.7. The number of aliphatic carboxylic acids is 1. The minimum absolute atomic E-state index is 0.266. The number of nitrogens with one attached hydrogen (secondary N) is 1. The second-order valence-corrected chi connectivity index (χ2v) is 2.12. The van der Waals surface area contributed by atoms with E-state index in [1.807, 2.05) is 0 Å². The van der Waals surface area contributed by atoms with Gasteiger partial charge in [0.05, 0.1) is 0 Å². The van der Waals surface area contributed by atoms with Gasteiger partial charge >= 0.3 is 5.97 Å². The summed E-state index contributed by atoms with van der Waals surface area (Å²) in [7, 11) is 0. The SMILES string of the molecule is CCNC(=O)C(O)C(O)C(=O)O. The highest BCUT2D eigenvalue weighted by Crippen LogP contribution is 1.93. The average molecular weight is 177 g/mol. The first kappa shape index (κ1) is 10.9. The molecule has 0 heterocycles. The van der Waals surface area contributed by atoms with Crippen molar-refractivity contribution in [3.8, 4) is 0 Å². The minimum Gasteiger partial charge on any atom is -0.479 e. The van der Waals surface area contributed by atoms with E-state index in [1.165, 1.54) is 0 Å². The molecule has 70 valence electrons. The first-order valence-corrected chi connectivity index (χ1v) is 3.37. The van der Waals surface area contributed by atoms with E-state index < -0.39 is 24.1 Å². The summed E-state index contributed by atoms with van der Waals surface area (Å²) in [5.41, 5.74) is 0. The quantitative estimate of drug-likeness (QED) is 0.394. The smallest absolute Gasteiger partial charge is 0.335 e. The Morgan fingerprint density at radius 3 is 2.17 bits per heavy atom. The van der Waals surface area contributed by atoms with Gasteiger partial charge in [0.2, 0.25) is 0 Å². The monoisotopic (exact) mass is 177 g/mol. The van der Waals surface area contributed by atoms with Crippen molar-refractivity contribution >= 4 is 11.9 Å². The molecule has 0 aliphatic rings. The number of carbonyl (C=O) groups excluding carboxylic acids is 1. The van der Waals surface area contributed by atoms with Crippen LogP contribution in [0.2, 0.25) is 0 Å². The van der Waals surface area contributed by atoms with Gasteiger partial charge in [-0.25, -0.2) is 4.79 Å². The summed E-state index contributed by atoms with van der Waals surface area (Å²) in [5, 5.41) is 27.9. The van der Waals surface area contributed by atoms with E-state index >= 15 is 0 Å². The molecule has 1 amide bonds. The van der Waals surface area contributed by atoms with Crippen LogP contribution >= 0.6 is 0 Å². The van der Waals surface area contributed by atoms with Crippen LogP contribution in [0, 0.1) is 0 Å². The van der Waals surface area contributed by atoms with Crippen molar-refractivity contribution < 1.29 is 24.9 Å². The molecular formula is C6H11NO5. The van der Waals surface area contributed by atoms with Gasteiger partial charge in [-0.15, -0.1) is 0 Å². The Bertz CT molecular complexity index is 181. The third-order valence-electron chi connectivity index (χ3n) is 1.17. The molecule has 4 N–H and O–H groups in total. The normalized spacial score (nSPS) is 14.9. The van der Waals surface area contributed by atoms with Crippen LogP contribution in [0.1, 0.15) is 6.92 Å². The molecule has 0 bridgehead atoms. The minimum atomic E-state index is -2.07. The molecule has 2 unspecified atom stereocenters. The number of carbonyl (C=O) groups is 2. The van der Waals surface area contributed by atoms with Crippen LogP contribution in [0.25, 0.3) is 0 Å². The predicted molar refractivity (Wildman–Crippen MR) is 38.3 cm³/mol. The summed E-state index contributed by atoms with van der Waals surface area (Å²) in [6, 6.07) is 0. The summed E-state index contributed by atoms with van der Waals surface area (Å²) in [4.78, 5) is 20.8. The Kier molecular flexibility index (Phi) is 4.24. The lowest BCUT2D eigenvalue weighted by Crippen LogP contribution is -2.45. The number of aliphatic hydroxyl groups excluding tert-OH is 2. The molecular weight excluding hydrogens is 166 g/mol. The average Bonchev–Trinajstić information content (AvgIpc) is 2.02. The lowest BCUT2D eigenvalue weighted by molar-refractivity contribution is -0.158. The lowest BCUT2D eigenvalue weighted by Gasteiger charge is -2.12. The van der Waals surface area contributed by atoms with Crippen LogP contribution in [0.15, 0.2) is 0 Å². The van der Waals surface area contributed by atoms with Gasteiger partial charge in [-0.2, -0.15) is 0 Å². The fourth-order valence-electron chi connectivity index (χ4n) is 0.557. The molecule has 0 spiro atoms. The number of hydrogen-bond donors (Lipinski definition) is 4. The Balaban J connectivity index is 4.09. The van der Waals surface area contributed by atoms with Gasteiger partial charge < -0.3 is 20.6 Å². The fourth-order valence-corrected chi connectivity index (χ4v) is 0.557. The largest absolute Gasteiger partial charge is 0.479 e. The van der Waals surface area contributed by atoms with Crippen LogP contribution < -0.4 is 5.32 Å². The van der Waals surface area contributed by atoms with Gasteiger partial charge in [-0.3, -0.25) is 4.79 Å². The number of carboxylic acids is 1. The number of likely N-dealkylation sites (N-methyl/N-ethyl adjacent to an activating group) is 1. The van der Waals surface area contributed by atoms with Gasteiger partial charge in [0.1, 0.15) is 0 Å². The predicted octanol–water partition coefficient (Wildman–Crippen LogP) is -2.07. The molecule has 0 aromatic heterocycles. The van der Waals surface area contributed by atoms with E-state index in [0.717, 1.165) is 0 Å². The van der Waals surface area contributed by atoms with Gasteiger partial charge in [0, 0.05) is 6.54 Å². The van der Waals surface area contributed by atoms with Crippen molar-refractivity contribution in [2.24, 2.45) is 0 Å². The van der Waals surface area contributed by atoms with Crippen molar-refractivity contribution in [3.63, 3.8) is 0 Å². The standard InChI is InChI=1S/C6H11NO5/c1-2-7-5(10)3(8)4(9)6(11)12/h3-4,8-9H,2H2,1H3,(H,7,10)(H,11,12). The topological polar surface area (TPSA) is 107 Å². The van der Waals surface area contributed by atoms with Crippen molar-refractivity contribution in [1.82, 2.24) is 5.32 Å². The van der Waals surface area contributed by atoms with Crippen molar-refractivity contribution in [2.45, 2.75) is 19.1 Å². The van der Waals surface area contributed by atoms with E-state index in [0.29, 0.717) is 0 Å². The van der Waals surface area contributed by atoms with Gasteiger partial charge in [-0.1, -0.05) is 0 Å². The molecule has 0 rings (SSSR count). The molecule has 0 saturated carbocycles. The molecule has 0 radical (unpaired) electrons. The number of hydrogen-bond acceptors (Lipinski definition) is 4. The summed E-state index contributed by atoms with van der Waals surface area (Å²) in [6.45, 7) is 1.88.